The van der Waals surface area contributed by atoms with Gasteiger partial charge in [0.05, 0.1) is 24.5 Å². The summed E-state index contributed by atoms with van der Waals surface area (Å²) in [6.07, 6.45) is 7.72. The zero-order chi connectivity index (χ0) is 18.2. The number of anilines is 1. The Kier molecular flexibility index (Phi) is 4.33. The molecule has 0 aromatic carbocycles. The molecule has 2 unspecified atom stereocenters. The number of aromatic nitrogens is 1. The molecule has 1 aromatic rings. The summed E-state index contributed by atoms with van der Waals surface area (Å²) < 4.78 is 5.05. The SMILES string of the molecule is N#Cc1cnccc1NCC12CCCCC1CN(C(=O)C1(O)COC1)C2. The Bertz CT molecular complexity index is 743. The standard InChI is InChI=1S/C19H24N4O3/c20-7-14-8-21-6-4-16(14)22-10-18-5-2-1-3-15(18)9-23(11-18)17(24)19(25)12-26-13-19/h4,6,8,15,25H,1-3,5,9-13H2,(H,21,22). The van der Waals surface area contributed by atoms with Gasteiger partial charge in [0.1, 0.15) is 6.07 Å². The van der Waals surface area contributed by atoms with E-state index in [1.807, 2.05) is 11.0 Å². The number of carbonyl (C=O) groups excluding carboxylic acids is 1. The molecular weight excluding hydrogens is 332 g/mol. The zero-order valence-electron chi connectivity index (χ0n) is 14.8. The summed E-state index contributed by atoms with van der Waals surface area (Å²) in [6, 6.07) is 3.99. The summed E-state index contributed by atoms with van der Waals surface area (Å²) in [5.74, 6) is 0.226. The molecule has 3 fully saturated rings. The van der Waals surface area contributed by atoms with Crippen LogP contribution in [0.15, 0.2) is 18.5 Å². The normalized spacial score (nSPS) is 29.4. The summed E-state index contributed by atoms with van der Waals surface area (Å²) in [6.45, 7) is 2.26. The van der Waals surface area contributed by atoms with Crippen LogP contribution in [-0.4, -0.2) is 59.3 Å². The van der Waals surface area contributed by atoms with Crippen molar-refractivity contribution < 1.29 is 14.6 Å². The highest BCUT2D eigenvalue weighted by atomic mass is 16.5. The molecule has 1 saturated carbocycles. The monoisotopic (exact) mass is 356 g/mol. The molecule has 1 amide bonds. The van der Waals surface area contributed by atoms with Gasteiger partial charge in [-0.15, -0.1) is 0 Å². The molecule has 4 rings (SSSR count). The number of amides is 1. The number of rotatable bonds is 4. The van der Waals surface area contributed by atoms with Gasteiger partial charge in [0.15, 0.2) is 5.60 Å². The second kappa shape index (κ2) is 6.53. The predicted octanol–water partition coefficient (Wildman–Crippen LogP) is 1.15. The van der Waals surface area contributed by atoms with E-state index in [1.165, 1.54) is 6.42 Å². The van der Waals surface area contributed by atoms with E-state index in [4.69, 9.17) is 4.74 Å². The van der Waals surface area contributed by atoms with Gasteiger partial charge in [0.2, 0.25) is 0 Å². The highest BCUT2D eigenvalue weighted by molar-refractivity contribution is 5.86. The van der Waals surface area contributed by atoms with Gasteiger partial charge in [-0.25, -0.2) is 0 Å². The number of aliphatic hydroxyl groups is 1. The fourth-order valence-corrected chi connectivity index (χ4v) is 4.65. The van der Waals surface area contributed by atoms with E-state index in [1.54, 1.807) is 12.4 Å². The fraction of sp³-hybridized carbons (Fsp3) is 0.632. The Morgan fingerprint density at radius 3 is 3.08 bits per heavy atom. The Morgan fingerprint density at radius 2 is 2.35 bits per heavy atom. The number of likely N-dealkylation sites (tertiary alicyclic amines) is 1. The van der Waals surface area contributed by atoms with E-state index in [0.29, 0.717) is 24.6 Å². The molecule has 7 heteroatoms. The summed E-state index contributed by atoms with van der Waals surface area (Å²) in [7, 11) is 0. The van der Waals surface area contributed by atoms with Crippen LogP contribution in [0.1, 0.15) is 31.2 Å². The van der Waals surface area contributed by atoms with Gasteiger partial charge in [-0.2, -0.15) is 5.26 Å². The van der Waals surface area contributed by atoms with Gasteiger partial charge >= 0.3 is 0 Å². The second-order valence-electron chi connectivity index (χ2n) is 7.90. The van der Waals surface area contributed by atoms with Crippen LogP contribution in [0, 0.1) is 22.7 Å². The van der Waals surface area contributed by atoms with Gasteiger partial charge < -0.3 is 20.1 Å². The van der Waals surface area contributed by atoms with Crippen molar-refractivity contribution in [2.45, 2.75) is 31.3 Å². The third kappa shape index (κ3) is 2.83. The predicted molar refractivity (Wildman–Crippen MR) is 94.2 cm³/mol. The lowest BCUT2D eigenvalue weighted by Gasteiger charge is -2.39. The smallest absolute Gasteiger partial charge is 0.259 e. The first kappa shape index (κ1) is 17.3. The Labute approximate surface area is 153 Å². The lowest BCUT2D eigenvalue weighted by atomic mass is 9.68. The number of carbonyl (C=O) groups is 1. The molecule has 7 nitrogen and oxygen atoms in total. The molecule has 138 valence electrons. The zero-order valence-corrected chi connectivity index (χ0v) is 14.8. The van der Waals surface area contributed by atoms with E-state index in [-0.39, 0.29) is 24.5 Å². The van der Waals surface area contributed by atoms with E-state index in [9.17, 15) is 15.2 Å². The first-order valence-corrected chi connectivity index (χ1v) is 9.24. The quantitative estimate of drug-likeness (QED) is 0.840. The molecule has 2 atom stereocenters. The average molecular weight is 356 g/mol. The van der Waals surface area contributed by atoms with Crippen LogP contribution >= 0.6 is 0 Å². The van der Waals surface area contributed by atoms with Crippen LogP contribution in [0.5, 0.6) is 0 Å². The molecular formula is C19H24N4O3. The number of hydrogen-bond donors (Lipinski definition) is 2. The average Bonchev–Trinajstić information content (AvgIpc) is 3.04. The van der Waals surface area contributed by atoms with Crippen molar-refractivity contribution in [1.82, 2.24) is 9.88 Å². The molecule has 2 aliphatic heterocycles. The lowest BCUT2D eigenvalue weighted by molar-refractivity contribution is -0.199. The van der Waals surface area contributed by atoms with Crippen LogP contribution in [0.25, 0.3) is 0 Å². The lowest BCUT2D eigenvalue weighted by Crippen LogP contribution is -2.61. The number of nitriles is 1. The minimum absolute atomic E-state index is 0.00906. The maximum absolute atomic E-state index is 12.7. The number of hydrogen-bond acceptors (Lipinski definition) is 6. The van der Waals surface area contributed by atoms with Gasteiger partial charge in [0.25, 0.3) is 5.91 Å². The van der Waals surface area contributed by atoms with Crippen LogP contribution in [-0.2, 0) is 9.53 Å². The maximum Gasteiger partial charge on any atom is 0.259 e. The largest absolute Gasteiger partial charge is 0.383 e. The number of nitrogens with zero attached hydrogens (tertiary/aromatic N) is 3. The molecule has 1 aromatic heterocycles. The van der Waals surface area contributed by atoms with Crippen molar-refractivity contribution in [2.24, 2.45) is 11.3 Å². The van der Waals surface area contributed by atoms with Crippen LogP contribution < -0.4 is 5.32 Å². The topological polar surface area (TPSA) is 98.5 Å². The molecule has 0 radical (unpaired) electrons. The van der Waals surface area contributed by atoms with Crippen molar-refractivity contribution in [3.05, 3.63) is 24.0 Å². The van der Waals surface area contributed by atoms with E-state index >= 15 is 0 Å². The minimum atomic E-state index is -1.33. The van der Waals surface area contributed by atoms with Crippen LogP contribution in [0.3, 0.4) is 0 Å². The van der Waals surface area contributed by atoms with Crippen LogP contribution in [0.2, 0.25) is 0 Å². The first-order chi connectivity index (χ1) is 12.6. The van der Waals surface area contributed by atoms with E-state index in [0.717, 1.165) is 31.5 Å². The molecule has 0 bridgehead atoms. The molecule has 1 aliphatic carbocycles. The molecule has 3 heterocycles. The van der Waals surface area contributed by atoms with Gasteiger partial charge in [-0.05, 0) is 24.8 Å². The number of nitrogens with one attached hydrogen (secondary N) is 1. The van der Waals surface area contributed by atoms with Crippen molar-refractivity contribution in [3.63, 3.8) is 0 Å². The minimum Gasteiger partial charge on any atom is -0.383 e. The van der Waals surface area contributed by atoms with Gasteiger partial charge in [-0.1, -0.05) is 12.8 Å². The highest BCUT2D eigenvalue weighted by Gasteiger charge is 2.54. The summed E-state index contributed by atoms with van der Waals surface area (Å²) >= 11 is 0. The molecule has 0 spiro atoms. The molecule has 2 saturated heterocycles. The third-order valence-electron chi connectivity index (χ3n) is 6.23. The van der Waals surface area contributed by atoms with Gasteiger partial charge in [-0.3, -0.25) is 9.78 Å². The number of pyridine rings is 1. The van der Waals surface area contributed by atoms with Crippen molar-refractivity contribution in [2.75, 3.05) is 38.2 Å². The van der Waals surface area contributed by atoms with Crippen LogP contribution in [0.4, 0.5) is 5.69 Å². The van der Waals surface area contributed by atoms with E-state index in [2.05, 4.69) is 16.4 Å². The summed E-state index contributed by atoms with van der Waals surface area (Å²) in [5, 5.41) is 23.0. The molecule has 3 aliphatic rings. The van der Waals surface area contributed by atoms with Crippen molar-refractivity contribution >= 4 is 11.6 Å². The number of fused-ring (bicyclic) bond motifs is 1. The van der Waals surface area contributed by atoms with Crippen molar-refractivity contribution in [3.8, 4) is 6.07 Å². The maximum atomic E-state index is 12.7. The van der Waals surface area contributed by atoms with Gasteiger partial charge in [0, 0.05) is 37.4 Å². The Balaban J connectivity index is 1.51. The van der Waals surface area contributed by atoms with E-state index < -0.39 is 5.60 Å². The first-order valence-electron chi connectivity index (χ1n) is 9.24. The van der Waals surface area contributed by atoms with Crippen molar-refractivity contribution in [1.29, 1.82) is 5.26 Å². The second-order valence-corrected chi connectivity index (χ2v) is 7.90. The fourth-order valence-electron chi connectivity index (χ4n) is 4.65. The number of ether oxygens (including phenoxy) is 1. The Morgan fingerprint density at radius 1 is 1.50 bits per heavy atom. The highest BCUT2D eigenvalue weighted by Crippen LogP contribution is 2.47. The summed E-state index contributed by atoms with van der Waals surface area (Å²) in [4.78, 5) is 18.6. The Hall–Kier alpha value is -2.17. The molecule has 2 N–H and O–H groups in total. The summed E-state index contributed by atoms with van der Waals surface area (Å²) in [5.41, 5.74) is -0.0217. The third-order valence-corrected chi connectivity index (χ3v) is 6.23. The molecule has 26 heavy (non-hydrogen) atoms.